The number of nitrogens with zero attached hydrogens (tertiary/aromatic N) is 1. The Balaban J connectivity index is 2.87. The van der Waals surface area contributed by atoms with E-state index in [4.69, 9.17) is 0 Å². The summed E-state index contributed by atoms with van der Waals surface area (Å²) in [5.41, 5.74) is -0.805. The number of carbonyl (C=O) groups is 2. The number of amides is 1. The number of nitro groups is 1. The highest BCUT2D eigenvalue weighted by atomic mass is 19.1. The van der Waals surface area contributed by atoms with Gasteiger partial charge in [-0.2, -0.15) is 0 Å². The molecule has 8 heteroatoms. The van der Waals surface area contributed by atoms with Gasteiger partial charge in [0.05, 0.1) is 24.0 Å². The van der Waals surface area contributed by atoms with Gasteiger partial charge in [0, 0.05) is 18.7 Å². The summed E-state index contributed by atoms with van der Waals surface area (Å²) in [5, 5.41) is 13.0. The Morgan fingerprint density at radius 1 is 1.45 bits per heavy atom. The predicted molar refractivity (Wildman–Crippen MR) is 66.8 cm³/mol. The maximum atomic E-state index is 13.8. The van der Waals surface area contributed by atoms with Crippen LogP contribution in [0.25, 0.3) is 0 Å². The van der Waals surface area contributed by atoms with Gasteiger partial charge in [0.2, 0.25) is 0 Å². The largest absolute Gasteiger partial charge is 0.469 e. The van der Waals surface area contributed by atoms with Crippen LogP contribution < -0.4 is 5.32 Å². The number of benzene rings is 1. The molecule has 1 amide bonds. The van der Waals surface area contributed by atoms with Crippen LogP contribution in [0.5, 0.6) is 0 Å². The van der Waals surface area contributed by atoms with Gasteiger partial charge in [0.15, 0.2) is 0 Å². The number of esters is 1. The summed E-state index contributed by atoms with van der Waals surface area (Å²) >= 11 is 0. The molecule has 0 aliphatic rings. The van der Waals surface area contributed by atoms with E-state index in [0.29, 0.717) is 0 Å². The standard InChI is InChI=1S/C12H13FN2O5/c1-7-5-8(15(18)19)6-9(11(7)13)12(17)14-4-3-10(16)20-2/h5-6H,3-4H2,1-2H3,(H,14,17). The Hall–Kier alpha value is -2.51. The Morgan fingerprint density at radius 3 is 2.65 bits per heavy atom. The van der Waals surface area contributed by atoms with Crippen molar-refractivity contribution in [3.63, 3.8) is 0 Å². The lowest BCUT2D eigenvalue weighted by Gasteiger charge is -2.07. The van der Waals surface area contributed by atoms with Crippen LogP contribution in [0.15, 0.2) is 12.1 Å². The molecular formula is C12H13FN2O5. The smallest absolute Gasteiger partial charge is 0.307 e. The minimum absolute atomic E-state index is 0.00248. The lowest BCUT2D eigenvalue weighted by atomic mass is 10.1. The van der Waals surface area contributed by atoms with Gasteiger partial charge in [-0.1, -0.05) is 0 Å². The third kappa shape index (κ3) is 3.74. The second-order valence-electron chi connectivity index (χ2n) is 3.96. The summed E-state index contributed by atoms with van der Waals surface area (Å²) in [5.74, 6) is -2.18. The van der Waals surface area contributed by atoms with Crippen molar-refractivity contribution in [3.05, 3.63) is 39.2 Å². The fourth-order valence-corrected chi connectivity index (χ4v) is 1.50. The van der Waals surface area contributed by atoms with Gasteiger partial charge in [-0.25, -0.2) is 4.39 Å². The average Bonchev–Trinajstić information content (AvgIpc) is 2.40. The number of ether oxygens (including phenoxy) is 1. The molecule has 0 heterocycles. The van der Waals surface area contributed by atoms with E-state index in [-0.39, 0.29) is 24.2 Å². The molecule has 20 heavy (non-hydrogen) atoms. The summed E-state index contributed by atoms with van der Waals surface area (Å²) in [6.45, 7) is 1.28. The van der Waals surface area contributed by atoms with Crippen molar-refractivity contribution < 1.29 is 23.6 Å². The second-order valence-corrected chi connectivity index (χ2v) is 3.96. The van der Waals surface area contributed by atoms with Gasteiger partial charge in [0.25, 0.3) is 11.6 Å². The lowest BCUT2D eigenvalue weighted by Crippen LogP contribution is -2.27. The van der Waals surface area contributed by atoms with Crippen LogP contribution in [-0.2, 0) is 9.53 Å². The van der Waals surface area contributed by atoms with Gasteiger partial charge < -0.3 is 10.1 Å². The molecule has 108 valence electrons. The number of non-ortho nitro benzene ring substituents is 1. The molecule has 0 atom stereocenters. The van der Waals surface area contributed by atoms with E-state index in [1.54, 1.807) is 0 Å². The van der Waals surface area contributed by atoms with Crippen LogP contribution in [0.4, 0.5) is 10.1 Å². The van der Waals surface area contributed by atoms with Crippen LogP contribution in [0.3, 0.4) is 0 Å². The summed E-state index contributed by atoms with van der Waals surface area (Å²) in [7, 11) is 1.20. The molecule has 0 radical (unpaired) electrons. The van der Waals surface area contributed by atoms with Crippen molar-refractivity contribution in [3.8, 4) is 0 Å². The van der Waals surface area contributed by atoms with E-state index < -0.39 is 28.2 Å². The Bertz CT molecular complexity index is 559. The van der Waals surface area contributed by atoms with Gasteiger partial charge in [-0.3, -0.25) is 19.7 Å². The Kier molecular flexibility index (Phi) is 5.13. The Morgan fingerprint density at radius 2 is 2.10 bits per heavy atom. The third-order valence-corrected chi connectivity index (χ3v) is 2.54. The van der Waals surface area contributed by atoms with Crippen LogP contribution >= 0.6 is 0 Å². The molecule has 0 unspecified atom stereocenters. The number of nitro benzene ring substituents is 1. The van der Waals surface area contributed by atoms with Crippen molar-refractivity contribution in [1.29, 1.82) is 0 Å². The predicted octanol–water partition coefficient (Wildman–Crippen LogP) is 1.34. The highest BCUT2D eigenvalue weighted by molar-refractivity contribution is 5.95. The lowest BCUT2D eigenvalue weighted by molar-refractivity contribution is -0.385. The molecule has 0 bridgehead atoms. The number of nitrogens with one attached hydrogen (secondary N) is 1. The first-order chi connectivity index (χ1) is 9.36. The summed E-state index contributed by atoms with van der Waals surface area (Å²) in [6.07, 6.45) is -0.0717. The molecule has 1 N–H and O–H groups in total. The van der Waals surface area contributed by atoms with E-state index in [1.807, 2.05) is 0 Å². The Labute approximate surface area is 113 Å². The molecule has 0 saturated heterocycles. The molecule has 7 nitrogen and oxygen atoms in total. The number of methoxy groups -OCH3 is 1. The van der Waals surface area contributed by atoms with Gasteiger partial charge >= 0.3 is 5.97 Å². The molecule has 1 rings (SSSR count). The van der Waals surface area contributed by atoms with Crippen molar-refractivity contribution in [2.24, 2.45) is 0 Å². The van der Waals surface area contributed by atoms with Crippen LogP contribution in [0, 0.1) is 22.9 Å². The van der Waals surface area contributed by atoms with Gasteiger partial charge in [-0.15, -0.1) is 0 Å². The van der Waals surface area contributed by atoms with Crippen molar-refractivity contribution in [1.82, 2.24) is 5.32 Å². The molecule has 1 aromatic rings. The molecular weight excluding hydrogens is 271 g/mol. The summed E-state index contributed by atoms with van der Waals surface area (Å²) < 4.78 is 18.1. The number of carbonyl (C=O) groups excluding carboxylic acids is 2. The number of rotatable bonds is 5. The first-order valence-electron chi connectivity index (χ1n) is 5.66. The highest BCUT2D eigenvalue weighted by Gasteiger charge is 2.19. The second kappa shape index (κ2) is 6.60. The fourth-order valence-electron chi connectivity index (χ4n) is 1.50. The van der Waals surface area contributed by atoms with E-state index in [0.717, 1.165) is 12.1 Å². The third-order valence-electron chi connectivity index (χ3n) is 2.54. The molecule has 0 saturated carbocycles. The monoisotopic (exact) mass is 284 g/mol. The maximum absolute atomic E-state index is 13.8. The van der Waals surface area contributed by atoms with Crippen LogP contribution in [0.2, 0.25) is 0 Å². The van der Waals surface area contributed by atoms with E-state index in [2.05, 4.69) is 10.1 Å². The zero-order chi connectivity index (χ0) is 15.3. The van der Waals surface area contributed by atoms with E-state index in [1.165, 1.54) is 14.0 Å². The number of hydrogen-bond donors (Lipinski definition) is 1. The molecule has 0 aliphatic heterocycles. The van der Waals surface area contributed by atoms with Crippen LogP contribution in [-0.4, -0.2) is 30.5 Å². The van der Waals surface area contributed by atoms with Gasteiger partial charge in [0.1, 0.15) is 5.82 Å². The zero-order valence-electron chi connectivity index (χ0n) is 10.9. The number of halogens is 1. The molecule has 1 aromatic carbocycles. The number of hydrogen-bond acceptors (Lipinski definition) is 5. The first-order valence-corrected chi connectivity index (χ1v) is 5.66. The summed E-state index contributed by atoms with van der Waals surface area (Å²) in [4.78, 5) is 32.6. The van der Waals surface area contributed by atoms with E-state index in [9.17, 15) is 24.1 Å². The fraction of sp³-hybridized carbons (Fsp3) is 0.333. The quantitative estimate of drug-likeness (QED) is 0.499. The van der Waals surface area contributed by atoms with Crippen molar-refractivity contribution >= 4 is 17.6 Å². The number of aryl methyl sites for hydroxylation is 1. The van der Waals surface area contributed by atoms with Crippen LogP contribution in [0.1, 0.15) is 22.3 Å². The zero-order valence-corrected chi connectivity index (χ0v) is 10.9. The summed E-state index contributed by atoms with van der Waals surface area (Å²) in [6, 6.07) is 1.90. The van der Waals surface area contributed by atoms with Gasteiger partial charge in [-0.05, 0) is 12.5 Å². The molecule has 0 aromatic heterocycles. The molecule has 0 fully saturated rings. The minimum atomic E-state index is -0.828. The van der Waals surface area contributed by atoms with E-state index >= 15 is 0 Å². The normalized spacial score (nSPS) is 9.95. The molecule has 0 aliphatic carbocycles. The van der Waals surface area contributed by atoms with Crippen molar-refractivity contribution in [2.75, 3.05) is 13.7 Å². The topological polar surface area (TPSA) is 98.5 Å². The average molecular weight is 284 g/mol. The molecule has 0 spiro atoms. The van der Waals surface area contributed by atoms with Crippen molar-refractivity contribution in [2.45, 2.75) is 13.3 Å². The minimum Gasteiger partial charge on any atom is -0.469 e. The highest BCUT2D eigenvalue weighted by Crippen LogP contribution is 2.20. The SMILES string of the molecule is COC(=O)CCNC(=O)c1cc([N+](=O)[O-])cc(C)c1F. The first kappa shape index (κ1) is 15.5. The maximum Gasteiger partial charge on any atom is 0.307 e.